The van der Waals surface area contributed by atoms with E-state index in [9.17, 15) is 5.11 Å². The highest BCUT2D eigenvalue weighted by Gasteiger charge is 2.25. The first-order valence-corrected chi connectivity index (χ1v) is 5.72. The lowest BCUT2D eigenvalue weighted by atomic mass is 9.91. The minimum absolute atomic E-state index is 0.278. The van der Waals surface area contributed by atoms with Crippen LogP contribution in [0.4, 0.5) is 0 Å². The van der Waals surface area contributed by atoms with Crippen LogP contribution in [0, 0.1) is 5.92 Å². The zero-order chi connectivity index (χ0) is 10.7. The molecule has 0 heterocycles. The molecule has 82 valence electrons. The third-order valence-corrected chi connectivity index (χ3v) is 3.43. The van der Waals surface area contributed by atoms with E-state index in [-0.39, 0.29) is 6.61 Å². The van der Waals surface area contributed by atoms with E-state index >= 15 is 0 Å². The zero-order valence-electron chi connectivity index (χ0n) is 9.24. The van der Waals surface area contributed by atoms with Crippen molar-refractivity contribution in [3.05, 3.63) is 35.4 Å². The van der Waals surface area contributed by atoms with Gasteiger partial charge in [0.2, 0.25) is 0 Å². The highest BCUT2D eigenvalue weighted by molar-refractivity contribution is 5.31. The van der Waals surface area contributed by atoms with Crippen LogP contribution in [0.2, 0.25) is 0 Å². The monoisotopic (exact) mass is 205 g/mol. The molecule has 0 saturated heterocycles. The molecule has 1 aliphatic carbocycles. The van der Waals surface area contributed by atoms with Crippen molar-refractivity contribution in [1.29, 1.82) is 0 Å². The van der Waals surface area contributed by atoms with Gasteiger partial charge in [-0.1, -0.05) is 24.3 Å². The number of aliphatic hydroxyl groups excluding tert-OH is 1. The highest BCUT2D eigenvalue weighted by atomic mass is 16.3. The van der Waals surface area contributed by atoms with Crippen molar-refractivity contribution in [2.75, 3.05) is 13.7 Å². The van der Waals surface area contributed by atoms with Crippen LogP contribution in [-0.4, -0.2) is 18.8 Å². The van der Waals surface area contributed by atoms with E-state index in [1.54, 1.807) is 0 Å². The van der Waals surface area contributed by atoms with Crippen LogP contribution < -0.4 is 5.32 Å². The lowest BCUT2D eigenvalue weighted by Crippen LogP contribution is -2.27. The largest absolute Gasteiger partial charge is 0.396 e. The van der Waals surface area contributed by atoms with Crippen LogP contribution in [-0.2, 0) is 6.42 Å². The van der Waals surface area contributed by atoms with Gasteiger partial charge in [0.15, 0.2) is 0 Å². The van der Waals surface area contributed by atoms with Crippen LogP contribution in [0.25, 0.3) is 0 Å². The van der Waals surface area contributed by atoms with Crippen molar-refractivity contribution in [3.63, 3.8) is 0 Å². The molecule has 1 aromatic carbocycles. The van der Waals surface area contributed by atoms with Gasteiger partial charge < -0.3 is 10.4 Å². The molecule has 0 radical (unpaired) electrons. The van der Waals surface area contributed by atoms with E-state index in [1.165, 1.54) is 17.5 Å². The van der Waals surface area contributed by atoms with E-state index in [0.29, 0.717) is 12.0 Å². The van der Waals surface area contributed by atoms with Gasteiger partial charge in [-0.3, -0.25) is 0 Å². The maximum atomic E-state index is 9.40. The average Bonchev–Trinajstić information content (AvgIpc) is 2.47. The zero-order valence-corrected chi connectivity index (χ0v) is 9.24. The summed E-state index contributed by atoms with van der Waals surface area (Å²) in [5, 5.41) is 12.7. The summed E-state index contributed by atoms with van der Waals surface area (Å²) in [4.78, 5) is 0. The van der Waals surface area contributed by atoms with Crippen LogP contribution in [0.15, 0.2) is 24.3 Å². The first-order valence-electron chi connectivity index (χ1n) is 5.72. The Labute approximate surface area is 91.3 Å². The van der Waals surface area contributed by atoms with Gasteiger partial charge in [-0.25, -0.2) is 0 Å². The number of aryl methyl sites for hydroxylation is 1. The van der Waals surface area contributed by atoms with Crippen molar-refractivity contribution in [3.8, 4) is 0 Å². The standard InChI is InChI=1S/C13H19NO/c1-14-13-11(9-15)7-4-6-10-5-2-3-8-12(10)13/h2-3,5,8,11,13-15H,4,6-7,9H2,1H3. The summed E-state index contributed by atoms with van der Waals surface area (Å²) in [7, 11) is 1.98. The van der Waals surface area contributed by atoms with Gasteiger partial charge >= 0.3 is 0 Å². The van der Waals surface area contributed by atoms with Crippen molar-refractivity contribution >= 4 is 0 Å². The molecule has 0 spiro atoms. The van der Waals surface area contributed by atoms with Gasteiger partial charge in [0.1, 0.15) is 0 Å². The average molecular weight is 205 g/mol. The third-order valence-electron chi connectivity index (χ3n) is 3.43. The molecule has 1 aromatic rings. The summed E-state index contributed by atoms with van der Waals surface area (Å²) in [6.45, 7) is 0.278. The Morgan fingerprint density at radius 1 is 1.40 bits per heavy atom. The van der Waals surface area contributed by atoms with Crippen LogP contribution in [0.1, 0.15) is 30.0 Å². The molecule has 0 bridgehead atoms. The molecule has 0 aliphatic heterocycles. The van der Waals surface area contributed by atoms with Crippen molar-refractivity contribution in [2.24, 2.45) is 5.92 Å². The van der Waals surface area contributed by atoms with Crippen molar-refractivity contribution < 1.29 is 5.11 Å². The number of hydrogen-bond acceptors (Lipinski definition) is 2. The molecule has 2 N–H and O–H groups in total. The maximum Gasteiger partial charge on any atom is 0.0477 e. The normalized spacial score (nSPS) is 25.7. The minimum atomic E-state index is 0.278. The molecule has 2 atom stereocenters. The van der Waals surface area contributed by atoms with Gasteiger partial charge in [-0.05, 0) is 37.4 Å². The van der Waals surface area contributed by atoms with E-state index in [0.717, 1.165) is 12.8 Å². The van der Waals surface area contributed by atoms with E-state index < -0.39 is 0 Å². The predicted octanol–water partition coefficient (Wildman–Crippen LogP) is 1.89. The number of benzene rings is 1. The lowest BCUT2D eigenvalue weighted by Gasteiger charge is -2.24. The molecule has 2 unspecified atom stereocenters. The quantitative estimate of drug-likeness (QED) is 0.723. The summed E-state index contributed by atoms with van der Waals surface area (Å²) in [6, 6.07) is 8.89. The van der Waals surface area contributed by atoms with Gasteiger partial charge in [0.25, 0.3) is 0 Å². The number of rotatable bonds is 2. The SMILES string of the molecule is CNC1c2ccccc2CCCC1CO. The maximum absolute atomic E-state index is 9.40. The summed E-state index contributed by atoms with van der Waals surface area (Å²) in [5.41, 5.74) is 2.81. The summed E-state index contributed by atoms with van der Waals surface area (Å²) in [6.07, 6.45) is 3.43. The summed E-state index contributed by atoms with van der Waals surface area (Å²) in [5.74, 6) is 0.360. The first kappa shape index (κ1) is 10.7. The van der Waals surface area contributed by atoms with Crippen molar-refractivity contribution in [1.82, 2.24) is 5.32 Å². The van der Waals surface area contributed by atoms with Gasteiger partial charge in [0.05, 0.1) is 0 Å². The minimum Gasteiger partial charge on any atom is -0.396 e. The molecule has 0 saturated carbocycles. The predicted molar refractivity (Wildman–Crippen MR) is 61.8 cm³/mol. The first-order chi connectivity index (χ1) is 7.36. The number of hydrogen-bond donors (Lipinski definition) is 2. The molecule has 0 amide bonds. The number of aliphatic hydroxyl groups is 1. The Hall–Kier alpha value is -0.860. The fourth-order valence-electron chi connectivity index (χ4n) is 2.63. The molecule has 1 aliphatic rings. The van der Waals surface area contributed by atoms with Crippen LogP contribution >= 0.6 is 0 Å². The summed E-state index contributed by atoms with van der Waals surface area (Å²) >= 11 is 0. The Bertz CT molecular complexity index is 324. The molecule has 2 nitrogen and oxygen atoms in total. The Balaban J connectivity index is 2.36. The Morgan fingerprint density at radius 2 is 2.20 bits per heavy atom. The highest BCUT2D eigenvalue weighted by Crippen LogP contribution is 2.32. The van der Waals surface area contributed by atoms with E-state index in [2.05, 4.69) is 29.6 Å². The van der Waals surface area contributed by atoms with Gasteiger partial charge in [-0.15, -0.1) is 0 Å². The fraction of sp³-hybridized carbons (Fsp3) is 0.538. The number of nitrogens with one attached hydrogen (secondary N) is 1. The molecular formula is C13H19NO. The second-order valence-corrected chi connectivity index (χ2v) is 4.30. The second kappa shape index (κ2) is 4.77. The van der Waals surface area contributed by atoms with E-state index in [1.807, 2.05) is 7.05 Å². The summed E-state index contributed by atoms with van der Waals surface area (Å²) < 4.78 is 0. The Morgan fingerprint density at radius 3 is 2.93 bits per heavy atom. The van der Waals surface area contributed by atoms with Crippen LogP contribution in [0.5, 0.6) is 0 Å². The van der Waals surface area contributed by atoms with Gasteiger partial charge in [-0.2, -0.15) is 0 Å². The topological polar surface area (TPSA) is 32.3 Å². The number of fused-ring (bicyclic) bond motifs is 1. The molecule has 0 aromatic heterocycles. The van der Waals surface area contributed by atoms with Crippen LogP contribution in [0.3, 0.4) is 0 Å². The molecular weight excluding hydrogens is 186 g/mol. The molecule has 15 heavy (non-hydrogen) atoms. The van der Waals surface area contributed by atoms with Gasteiger partial charge in [0, 0.05) is 18.6 Å². The molecule has 0 fully saturated rings. The fourth-order valence-corrected chi connectivity index (χ4v) is 2.63. The second-order valence-electron chi connectivity index (χ2n) is 4.30. The van der Waals surface area contributed by atoms with E-state index in [4.69, 9.17) is 0 Å². The molecule has 2 rings (SSSR count). The van der Waals surface area contributed by atoms with Crippen molar-refractivity contribution in [2.45, 2.75) is 25.3 Å². The third kappa shape index (κ3) is 2.06. The lowest BCUT2D eigenvalue weighted by molar-refractivity contribution is 0.186. The smallest absolute Gasteiger partial charge is 0.0477 e. The molecule has 2 heteroatoms. The Kier molecular flexibility index (Phi) is 3.39.